The van der Waals surface area contributed by atoms with Crippen LogP contribution in [-0.2, 0) is 6.42 Å². The van der Waals surface area contributed by atoms with Crippen LogP contribution in [0.2, 0.25) is 0 Å². The minimum atomic E-state index is -0.110. The number of rotatable bonds is 0. The van der Waals surface area contributed by atoms with Crippen LogP contribution < -0.4 is 0 Å². The lowest BCUT2D eigenvalue weighted by Gasteiger charge is -2.41. The van der Waals surface area contributed by atoms with Crippen molar-refractivity contribution in [3.63, 3.8) is 0 Å². The molecule has 0 heterocycles. The number of benzene rings is 1. The second kappa shape index (κ2) is 3.46. The summed E-state index contributed by atoms with van der Waals surface area (Å²) in [6, 6.07) is 6.74. The molecule has 3 aliphatic rings. The van der Waals surface area contributed by atoms with Gasteiger partial charge in [0.05, 0.1) is 6.10 Å². The highest BCUT2D eigenvalue weighted by Gasteiger charge is 2.44. The SMILES string of the molecule is OC1C2CCc3cccc(c32)C2C=CCCC21. The molecule has 1 nitrogen and oxygen atoms in total. The average Bonchev–Trinajstić information content (AvgIpc) is 2.81. The summed E-state index contributed by atoms with van der Waals surface area (Å²) in [7, 11) is 0. The van der Waals surface area contributed by atoms with Gasteiger partial charge in [0.2, 0.25) is 0 Å². The Morgan fingerprint density at radius 2 is 2.12 bits per heavy atom. The number of hydrogen-bond donors (Lipinski definition) is 1. The zero-order valence-corrected chi connectivity index (χ0v) is 9.97. The Morgan fingerprint density at radius 3 is 3.06 bits per heavy atom. The van der Waals surface area contributed by atoms with E-state index in [0.717, 1.165) is 25.7 Å². The zero-order valence-electron chi connectivity index (χ0n) is 9.97. The Labute approximate surface area is 102 Å². The summed E-state index contributed by atoms with van der Waals surface area (Å²) in [5, 5.41) is 10.6. The van der Waals surface area contributed by atoms with Gasteiger partial charge in [-0.2, -0.15) is 0 Å². The molecular weight excluding hydrogens is 208 g/mol. The number of fused-ring (bicyclic) bond motifs is 2. The van der Waals surface area contributed by atoms with Crippen LogP contribution in [0.5, 0.6) is 0 Å². The molecule has 4 atom stereocenters. The van der Waals surface area contributed by atoms with Crippen molar-refractivity contribution in [3.05, 3.63) is 47.0 Å². The van der Waals surface area contributed by atoms with E-state index in [0.29, 0.717) is 17.8 Å². The molecule has 0 saturated carbocycles. The number of aliphatic hydroxyl groups excluding tert-OH is 1. The molecule has 0 fully saturated rings. The highest BCUT2D eigenvalue weighted by Crippen LogP contribution is 2.52. The predicted octanol–water partition coefficient (Wildman–Crippen LogP) is 3.14. The van der Waals surface area contributed by atoms with Crippen molar-refractivity contribution >= 4 is 0 Å². The van der Waals surface area contributed by atoms with Crippen LogP contribution in [0.4, 0.5) is 0 Å². The van der Waals surface area contributed by atoms with Gasteiger partial charge < -0.3 is 5.11 Å². The maximum absolute atomic E-state index is 10.6. The average molecular weight is 226 g/mol. The van der Waals surface area contributed by atoms with Crippen molar-refractivity contribution < 1.29 is 5.11 Å². The van der Waals surface area contributed by atoms with Crippen LogP contribution in [0, 0.1) is 5.92 Å². The molecule has 0 bridgehead atoms. The van der Waals surface area contributed by atoms with Crippen molar-refractivity contribution in [2.75, 3.05) is 0 Å². The maximum atomic E-state index is 10.6. The molecule has 4 rings (SSSR count). The van der Waals surface area contributed by atoms with E-state index in [9.17, 15) is 5.11 Å². The lowest BCUT2D eigenvalue weighted by atomic mass is 9.66. The highest BCUT2D eigenvalue weighted by atomic mass is 16.3. The number of aryl methyl sites for hydroxylation is 1. The van der Waals surface area contributed by atoms with Crippen LogP contribution >= 0.6 is 0 Å². The zero-order chi connectivity index (χ0) is 11.4. The summed E-state index contributed by atoms with van der Waals surface area (Å²) < 4.78 is 0. The van der Waals surface area contributed by atoms with E-state index in [1.54, 1.807) is 0 Å². The van der Waals surface area contributed by atoms with Crippen LogP contribution in [0.15, 0.2) is 30.4 Å². The first kappa shape index (κ1) is 9.90. The monoisotopic (exact) mass is 226 g/mol. The molecule has 1 aromatic rings. The van der Waals surface area contributed by atoms with Gasteiger partial charge in [0, 0.05) is 11.8 Å². The Balaban J connectivity index is 1.94. The molecule has 88 valence electrons. The molecule has 0 radical (unpaired) electrons. The van der Waals surface area contributed by atoms with Gasteiger partial charge in [-0.15, -0.1) is 0 Å². The smallest absolute Gasteiger partial charge is 0.0646 e. The van der Waals surface area contributed by atoms with Crippen LogP contribution in [0.25, 0.3) is 0 Å². The van der Waals surface area contributed by atoms with Crippen LogP contribution in [0.3, 0.4) is 0 Å². The summed E-state index contributed by atoms with van der Waals surface area (Å²) in [6.07, 6.45) is 9.13. The molecular formula is C16H18O. The highest BCUT2D eigenvalue weighted by molar-refractivity contribution is 5.48. The summed E-state index contributed by atoms with van der Waals surface area (Å²) >= 11 is 0. The Hall–Kier alpha value is -1.08. The fourth-order valence-electron chi connectivity index (χ4n) is 4.26. The Kier molecular flexibility index (Phi) is 2.01. The lowest BCUT2D eigenvalue weighted by Crippen LogP contribution is -2.36. The first-order valence-corrected chi connectivity index (χ1v) is 6.82. The molecule has 17 heavy (non-hydrogen) atoms. The summed E-state index contributed by atoms with van der Waals surface area (Å²) in [5.41, 5.74) is 4.49. The number of allylic oxidation sites excluding steroid dienone is 2. The van der Waals surface area contributed by atoms with Gasteiger partial charge in [-0.05, 0) is 48.3 Å². The summed E-state index contributed by atoms with van der Waals surface area (Å²) in [6.45, 7) is 0. The molecule has 4 unspecified atom stereocenters. The molecule has 0 saturated heterocycles. The molecule has 0 spiro atoms. The lowest BCUT2D eigenvalue weighted by molar-refractivity contribution is 0.0572. The van der Waals surface area contributed by atoms with E-state index < -0.39 is 0 Å². The van der Waals surface area contributed by atoms with Gasteiger partial charge in [0.15, 0.2) is 0 Å². The first-order valence-electron chi connectivity index (χ1n) is 6.82. The Morgan fingerprint density at radius 1 is 1.18 bits per heavy atom. The normalized spacial score (nSPS) is 37.7. The van der Waals surface area contributed by atoms with Crippen molar-refractivity contribution in [3.8, 4) is 0 Å². The topological polar surface area (TPSA) is 20.2 Å². The molecule has 0 aliphatic heterocycles. The molecule has 0 aromatic heterocycles. The molecule has 1 aromatic carbocycles. The number of hydrogen-bond acceptors (Lipinski definition) is 1. The van der Waals surface area contributed by atoms with E-state index in [4.69, 9.17) is 0 Å². The van der Waals surface area contributed by atoms with E-state index in [-0.39, 0.29) is 6.10 Å². The minimum absolute atomic E-state index is 0.110. The largest absolute Gasteiger partial charge is 0.392 e. The fourth-order valence-corrected chi connectivity index (χ4v) is 4.26. The van der Waals surface area contributed by atoms with Crippen LogP contribution in [-0.4, -0.2) is 11.2 Å². The maximum Gasteiger partial charge on any atom is 0.0646 e. The van der Waals surface area contributed by atoms with Crippen molar-refractivity contribution in [2.45, 2.75) is 43.6 Å². The van der Waals surface area contributed by atoms with Crippen LogP contribution in [0.1, 0.15) is 47.8 Å². The minimum Gasteiger partial charge on any atom is -0.392 e. The summed E-state index contributed by atoms with van der Waals surface area (Å²) in [5.74, 6) is 1.36. The van der Waals surface area contributed by atoms with Gasteiger partial charge >= 0.3 is 0 Å². The van der Waals surface area contributed by atoms with E-state index >= 15 is 0 Å². The van der Waals surface area contributed by atoms with E-state index in [1.807, 2.05) is 0 Å². The van der Waals surface area contributed by atoms with Gasteiger partial charge in [-0.25, -0.2) is 0 Å². The van der Waals surface area contributed by atoms with E-state index in [2.05, 4.69) is 30.4 Å². The van der Waals surface area contributed by atoms with Gasteiger partial charge in [0.25, 0.3) is 0 Å². The van der Waals surface area contributed by atoms with Crippen molar-refractivity contribution in [2.24, 2.45) is 5.92 Å². The quantitative estimate of drug-likeness (QED) is 0.674. The van der Waals surface area contributed by atoms with Gasteiger partial charge in [-0.3, -0.25) is 0 Å². The van der Waals surface area contributed by atoms with Gasteiger partial charge in [-0.1, -0.05) is 30.4 Å². The third-order valence-corrected chi connectivity index (χ3v) is 5.01. The standard InChI is InChI=1S/C16H18O/c17-16-13-6-2-1-5-11(13)12-7-3-4-10-8-9-14(16)15(10)12/h1,3-5,7,11,13-14,16-17H,2,6,8-9H2. The Bertz CT molecular complexity index is 488. The second-order valence-electron chi connectivity index (χ2n) is 5.75. The first-order chi connectivity index (χ1) is 8.36. The predicted molar refractivity (Wildman–Crippen MR) is 68.1 cm³/mol. The molecule has 1 heteroatoms. The fraction of sp³-hybridized carbons (Fsp3) is 0.500. The van der Waals surface area contributed by atoms with Gasteiger partial charge in [0.1, 0.15) is 0 Å². The molecule has 3 aliphatic carbocycles. The van der Waals surface area contributed by atoms with Crippen molar-refractivity contribution in [1.82, 2.24) is 0 Å². The number of aliphatic hydroxyl groups is 1. The van der Waals surface area contributed by atoms with E-state index in [1.165, 1.54) is 16.7 Å². The molecule has 1 N–H and O–H groups in total. The third-order valence-electron chi connectivity index (χ3n) is 5.01. The second-order valence-corrected chi connectivity index (χ2v) is 5.75. The third kappa shape index (κ3) is 1.23. The van der Waals surface area contributed by atoms with Crippen molar-refractivity contribution in [1.29, 1.82) is 0 Å². The molecule has 0 amide bonds. The summed E-state index contributed by atoms with van der Waals surface area (Å²) in [4.78, 5) is 0.